The van der Waals surface area contributed by atoms with Gasteiger partial charge in [-0.25, -0.2) is 0 Å². The lowest BCUT2D eigenvalue weighted by atomic mass is 10.3. The van der Waals surface area contributed by atoms with Crippen LogP contribution in [0.4, 0.5) is 11.4 Å². The highest BCUT2D eigenvalue weighted by atomic mass is 79.9. The SMILES string of the molecule is Cn1cc(Cl)cc(Nc2c(Br)[c]ccc2Cl)c1=O. The molecule has 18 heavy (non-hydrogen) atoms. The molecule has 1 radical (unpaired) electrons. The number of aromatic nitrogens is 1. The maximum Gasteiger partial charge on any atom is 0.274 e. The molecule has 2 aromatic rings. The molecule has 0 aliphatic carbocycles. The Hall–Kier alpha value is -0.970. The van der Waals surface area contributed by atoms with Gasteiger partial charge in [0.15, 0.2) is 0 Å². The van der Waals surface area contributed by atoms with E-state index in [1.54, 1.807) is 31.4 Å². The van der Waals surface area contributed by atoms with Gasteiger partial charge in [0.05, 0.1) is 20.2 Å². The Kier molecular flexibility index (Phi) is 4.00. The molecule has 0 unspecified atom stereocenters. The average Bonchev–Trinajstić information content (AvgIpc) is 2.30. The Labute approximate surface area is 122 Å². The number of benzene rings is 1. The first kappa shape index (κ1) is 13.5. The van der Waals surface area contributed by atoms with Crippen LogP contribution in [0.1, 0.15) is 0 Å². The molecular weight excluding hydrogens is 339 g/mol. The van der Waals surface area contributed by atoms with Gasteiger partial charge in [0, 0.05) is 13.2 Å². The molecule has 0 aliphatic rings. The van der Waals surface area contributed by atoms with Crippen molar-refractivity contribution in [2.45, 2.75) is 0 Å². The van der Waals surface area contributed by atoms with Gasteiger partial charge in [-0.3, -0.25) is 4.79 Å². The molecule has 2 rings (SSSR count). The van der Waals surface area contributed by atoms with Gasteiger partial charge in [0.1, 0.15) is 5.69 Å². The lowest BCUT2D eigenvalue weighted by Gasteiger charge is -2.11. The van der Waals surface area contributed by atoms with E-state index in [1.165, 1.54) is 4.57 Å². The summed E-state index contributed by atoms with van der Waals surface area (Å²) in [5, 5.41) is 3.92. The van der Waals surface area contributed by atoms with Crippen molar-refractivity contribution >= 4 is 50.5 Å². The van der Waals surface area contributed by atoms with Crippen molar-refractivity contribution in [3.63, 3.8) is 0 Å². The van der Waals surface area contributed by atoms with Gasteiger partial charge < -0.3 is 9.88 Å². The number of nitrogens with one attached hydrogen (secondary N) is 1. The highest BCUT2D eigenvalue weighted by molar-refractivity contribution is 9.10. The van der Waals surface area contributed by atoms with E-state index in [0.717, 1.165) is 0 Å². The number of nitrogens with zero attached hydrogens (tertiary/aromatic N) is 1. The maximum absolute atomic E-state index is 11.9. The van der Waals surface area contributed by atoms with Crippen molar-refractivity contribution in [3.8, 4) is 0 Å². The van der Waals surface area contributed by atoms with Gasteiger partial charge in [0.2, 0.25) is 0 Å². The summed E-state index contributed by atoms with van der Waals surface area (Å²) >= 11 is 15.3. The first-order chi connectivity index (χ1) is 8.49. The molecule has 0 atom stereocenters. The summed E-state index contributed by atoms with van der Waals surface area (Å²) in [7, 11) is 1.63. The minimum atomic E-state index is -0.189. The van der Waals surface area contributed by atoms with Crippen LogP contribution in [0.2, 0.25) is 10.0 Å². The van der Waals surface area contributed by atoms with Crippen LogP contribution in [0, 0.1) is 6.07 Å². The zero-order valence-corrected chi connectivity index (χ0v) is 12.4. The van der Waals surface area contributed by atoms with Crippen LogP contribution in [-0.2, 0) is 7.05 Å². The second-order valence-corrected chi connectivity index (χ2v) is 5.26. The zero-order chi connectivity index (χ0) is 13.3. The monoisotopic (exact) mass is 345 g/mol. The second kappa shape index (κ2) is 5.34. The molecule has 1 N–H and O–H groups in total. The molecule has 6 heteroatoms. The minimum Gasteiger partial charge on any atom is -0.349 e. The normalized spacial score (nSPS) is 10.4. The fourth-order valence-corrected chi connectivity index (χ4v) is 2.48. The van der Waals surface area contributed by atoms with Crippen LogP contribution in [0.5, 0.6) is 0 Å². The van der Waals surface area contributed by atoms with Crippen molar-refractivity contribution in [2.24, 2.45) is 7.05 Å². The Morgan fingerprint density at radius 2 is 2.17 bits per heavy atom. The molecule has 0 saturated carbocycles. The van der Waals surface area contributed by atoms with Crippen molar-refractivity contribution in [2.75, 3.05) is 5.32 Å². The fourth-order valence-electron chi connectivity index (χ4n) is 1.46. The summed E-state index contributed by atoms with van der Waals surface area (Å²) in [6, 6.07) is 7.87. The summed E-state index contributed by atoms with van der Waals surface area (Å²) in [5.74, 6) is 0. The average molecular weight is 347 g/mol. The number of pyridine rings is 1. The van der Waals surface area contributed by atoms with E-state index in [1.807, 2.05) is 0 Å². The van der Waals surface area contributed by atoms with E-state index in [4.69, 9.17) is 23.2 Å². The molecule has 1 aromatic carbocycles. The molecule has 0 aliphatic heterocycles. The number of hydrogen-bond acceptors (Lipinski definition) is 2. The molecule has 0 saturated heterocycles. The number of rotatable bonds is 2. The van der Waals surface area contributed by atoms with Gasteiger partial charge in [-0.05, 0) is 34.1 Å². The standard InChI is InChI=1S/C12H8BrCl2N2O/c1-17-6-7(14)5-10(12(17)18)16-11-8(13)3-2-4-9(11)15/h2,4-6,16H,1H3. The second-order valence-electron chi connectivity index (χ2n) is 3.63. The first-order valence-electron chi connectivity index (χ1n) is 4.98. The van der Waals surface area contributed by atoms with E-state index < -0.39 is 0 Å². The largest absolute Gasteiger partial charge is 0.349 e. The topological polar surface area (TPSA) is 34.0 Å². The van der Waals surface area contributed by atoms with E-state index >= 15 is 0 Å². The van der Waals surface area contributed by atoms with Crippen molar-refractivity contribution in [1.82, 2.24) is 4.57 Å². The van der Waals surface area contributed by atoms with Crippen LogP contribution in [0.15, 0.2) is 33.7 Å². The lowest BCUT2D eigenvalue weighted by molar-refractivity contribution is 0.863. The smallest absolute Gasteiger partial charge is 0.274 e. The van der Waals surface area contributed by atoms with Crippen LogP contribution in [-0.4, -0.2) is 4.57 Å². The highest BCUT2D eigenvalue weighted by Crippen LogP contribution is 2.31. The molecule has 0 spiro atoms. The predicted molar refractivity (Wildman–Crippen MR) is 78.0 cm³/mol. The first-order valence-corrected chi connectivity index (χ1v) is 6.53. The van der Waals surface area contributed by atoms with Crippen LogP contribution in [0.3, 0.4) is 0 Å². The molecule has 3 nitrogen and oxygen atoms in total. The van der Waals surface area contributed by atoms with Gasteiger partial charge in [0.25, 0.3) is 5.56 Å². The molecule has 0 fully saturated rings. The highest BCUT2D eigenvalue weighted by Gasteiger charge is 2.09. The van der Waals surface area contributed by atoms with Crippen LogP contribution >= 0.6 is 39.1 Å². The van der Waals surface area contributed by atoms with Crippen molar-refractivity contribution in [3.05, 3.63) is 55.3 Å². The molecule has 93 valence electrons. The number of halogens is 3. The minimum absolute atomic E-state index is 0.189. The quantitative estimate of drug-likeness (QED) is 0.891. The summed E-state index contributed by atoms with van der Waals surface area (Å²) in [4.78, 5) is 11.9. The van der Waals surface area contributed by atoms with Crippen molar-refractivity contribution < 1.29 is 0 Å². The van der Waals surface area contributed by atoms with E-state index in [9.17, 15) is 4.79 Å². The van der Waals surface area contributed by atoms with Gasteiger partial charge in [-0.1, -0.05) is 29.3 Å². The summed E-state index contributed by atoms with van der Waals surface area (Å²) in [6.07, 6.45) is 1.54. The Balaban J connectivity index is 2.50. The molecular formula is C12H8BrCl2N2O. The molecule has 0 amide bonds. The van der Waals surface area contributed by atoms with Gasteiger partial charge >= 0.3 is 0 Å². The number of hydrogen-bond donors (Lipinski definition) is 1. The third-order valence-electron chi connectivity index (χ3n) is 2.31. The zero-order valence-electron chi connectivity index (χ0n) is 9.30. The van der Waals surface area contributed by atoms with Crippen LogP contribution in [0.25, 0.3) is 0 Å². The lowest BCUT2D eigenvalue weighted by Crippen LogP contribution is -2.19. The van der Waals surface area contributed by atoms with Crippen molar-refractivity contribution in [1.29, 1.82) is 0 Å². The summed E-state index contributed by atoms with van der Waals surface area (Å²) in [5.41, 5.74) is 0.747. The Morgan fingerprint density at radius 3 is 2.83 bits per heavy atom. The fraction of sp³-hybridized carbons (Fsp3) is 0.0833. The van der Waals surface area contributed by atoms with E-state index in [2.05, 4.69) is 27.3 Å². The maximum atomic E-state index is 11.9. The Bertz CT molecular complexity index is 635. The predicted octanol–water partition coefficient (Wildman–Crippen LogP) is 4.00. The molecule has 1 heterocycles. The number of aryl methyl sites for hydroxylation is 1. The van der Waals surface area contributed by atoms with Gasteiger partial charge in [-0.15, -0.1) is 0 Å². The molecule has 0 bridgehead atoms. The summed E-state index contributed by atoms with van der Waals surface area (Å²) < 4.78 is 2.05. The van der Waals surface area contributed by atoms with Gasteiger partial charge in [-0.2, -0.15) is 0 Å². The summed E-state index contributed by atoms with van der Waals surface area (Å²) in [6.45, 7) is 0. The third kappa shape index (κ3) is 2.71. The van der Waals surface area contributed by atoms with E-state index in [-0.39, 0.29) is 5.56 Å². The van der Waals surface area contributed by atoms with E-state index in [0.29, 0.717) is 25.9 Å². The Morgan fingerprint density at radius 1 is 1.44 bits per heavy atom. The molecule has 1 aromatic heterocycles. The number of anilines is 2. The van der Waals surface area contributed by atoms with Crippen LogP contribution < -0.4 is 10.9 Å². The third-order valence-corrected chi connectivity index (χ3v) is 3.45.